The topological polar surface area (TPSA) is 45.1 Å². The number of hydrogen-bond donors (Lipinski definition) is 1. The molecule has 0 atom stereocenters. The second-order valence-corrected chi connectivity index (χ2v) is 3.97. The fraction of sp³-hybridized carbons (Fsp3) is 0.727. The SMILES string of the molecule is COCC/C(CC1=CCCN(C)C1)=N\O. The van der Waals surface area contributed by atoms with Crippen molar-refractivity contribution < 1.29 is 9.94 Å². The monoisotopic (exact) mass is 212 g/mol. The highest BCUT2D eigenvalue weighted by molar-refractivity contribution is 5.86. The van der Waals surface area contributed by atoms with E-state index in [1.54, 1.807) is 7.11 Å². The largest absolute Gasteiger partial charge is 0.411 e. The summed E-state index contributed by atoms with van der Waals surface area (Å²) in [5, 5.41) is 12.2. The zero-order chi connectivity index (χ0) is 11.1. The molecular weight excluding hydrogens is 192 g/mol. The van der Waals surface area contributed by atoms with Gasteiger partial charge in [-0.1, -0.05) is 16.8 Å². The van der Waals surface area contributed by atoms with Crippen LogP contribution in [0.15, 0.2) is 16.8 Å². The molecule has 0 bridgehead atoms. The number of oxime groups is 1. The maximum absolute atomic E-state index is 8.84. The fourth-order valence-electron chi connectivity index (χ4n) is 1.76. The van der Waals surface area contributed by atoms with Crippen molar-refractivity contribution in [2.24, 2.45) is 5.16 Å². The Balaban J connectivity index is 2.41. The molecule has 0 aromatic carbocycles. The van der Waals surface area contributed by atoms with Crippen molar-refractivity contribution in [3.63, 3.8) is 0 Å². The smallest absolute Gasteiger partial charge is 0.0634 e. The van der Waals surface area contributed by atoms with Gasteiger partial charge in [-0.05, 0) is 13.5 Å². The van der Waals surface area contributed by atoms with Gasteiger partial charge in [0.2, 0.25) is 0 Å². The van der Waals surface area contributed by atoms with E-state index in [-0.39, 0.29) is 0 Å². The number of likely N-dealkylation sites (N-methyl/N-ethyl adjacent to an activating group) is 1. The molecule has 1 heterocycles. The second kappa shape index (κ2) is 6.58. The molecule has 1 aliphatic heterocycles. The van der Waals surface area contributed by atoms with Crippen LogP contribution in [-0.4, -0.2) is 49.7 Å². The lowest BCUT2D eigenvalue weighted by Crippen LogP contribution is -2.26. The van der Waals surface area contributed by atoms with Crippen molar-refractivity contribution >= 4 is 5.71 Å². The van der Waals surface area contributed by atoms with Gasteiger partial charge in [0.05, 0.1) is 12.3 Å². The third kappa shape index (κ3) is 4.44. The molecule has 0 aromatic rings. The van der Waals surface area contributed by atoms with Crippen molar-refractivity contribution in [2.75, 3.05) is 33.9 Å². The van der Waals surface area contributed by atoms with Crippen LogP contribution < -0.4 is 0 Å². The van der Waals surface area contributed by atoms with Crippen LogP contribution in [0.2, 0.25) is 0 Å². The highest BCUT2D eigenvalue weighted by Crippen LogP contribution is 2.13. The number of rotatable bonds is 5. The minimum atomic E-state index is 0.614. The van der Waals surface area contributed by atoms with Crippen molar-refractivity contribution in [2.45, 2.75) is 19.3 Å². The van der Waals surface area contributed by atoms with Crippen LogP contribution in [0, 0.1) is 0 Å². The van der Waals surface area contributed by atoms with Gasteiger partial charge < -0.3 is 14.8 Å². The summed E-state index contributed by atoms with van der Waals surface area (Å²) in [6.07, 6.45) is 4.81. The summed E-state index contributed by atoms with van der Waals surface area (Å²) >= 11 is 0. The first-order chi connectivity index (χ1) is 7.26. The van der Waals surface area contributed by atoms with E-state index in [2.05, 4.69) is 23.2 Å². The fourth-order valence-corrected chi connectivity index (χ4v) is 1.76. The highest BCUT2D eigenvalue weighted by Gasteiger charge is 2.11. The molecule has 0 saturated carbocycles. The van der Waals surface area contributed by atoms with Gasteiger partial charge in [-0.25, -0.2) is 0 Å². The molecule has 1 rings (SSSR count). The summed E-state index contributed by atoms with van der Waals surface area (Å²) in [6, 6.07) is 0. The molecule has 0 aromatic heterocycles. The van der Waals surface area contributed by atoms with Crippen LogP contribution in [-0.2, 0) is 4.74 Å². The Hall–Kier alpha value is -0.870. The van der Waals surface area contributed by atoms with E-state index in [1.807, 2.05) is 0 Å². The third-order valence-corrected chi connectivity index (χ3v) is 2.58. The van der Waals surface area contributed by atoms with E-state index in [9.17, 15) is 0 Å². The first-order valence-electron chi connectivity index (χ1n) is 5.31. The molecule has 4 nitrogen and oxygen atoms in total. The highest BCUT2D eigenvalue weighted by atomic mass is 16.5. The van der Waals surface area contributed by atoms with E-state index in [0.717, 1.165) is 31.6 Å². The second-order valence-electron chi connectivity index (χ2n) is 3.97. The van der Waals surface area contributed by atoms with Gasteiger partial charge in [0.1, 0.15) is 0 Å². The van der Waals surface area contributed by atoms with Gasteiger partial charge in [-0.3, -0.25) is 0 Å². The molecule has 0 amide bonds. The summed E-state index contributed by atoms with van der Waals surface area (Å²) in [5.74, 6) is 0. The molecule has 1 aliphatic rings. The van der Waals surface area contributed by atoms with Gasteiger partial charge in [-0.2, -0.15) is 0 Å². The summed E-state index contributed by atoms with van der Waals surface area (Å²) in [6.45, 7) is 2.71. The lowest BCUT2D eigenvalue weighted by atomic mass is 10.0. The predicted molar refractivity (Wildman–Crippen MR) is 60.5 cm³/mol. The van der Waals surface area contributed by atoms with Gasteiger partial charge in [0, 0.05) is 33.0 Å². The van der Waals surface area contributed by atoms with Crippen LogP contribution >= 0.6 is 0 Å². The van der Waals surface area contributed by atoms with E-state index in [0.29, 0.717) is 13.0 Å². The Morgan fingerprint density at radius 1 is 1.67 bits per heavy atom. The zero-order valence-electron chi connectivity index (χ0n) is 9.57. The van der Waals surface area contributed by atoms with E-state index < -0.39 is 0 Å². The summed E-state index contributed by atoms with van der Waals surface area (Å²) in [5.41, 5.74) is 2.14. The zero-order valence-corrected chi connectivity index (χ0v) is 9.57. The van der Waals surface area contributed by atoms with Crippen LogP contribution in [0.5, 0.6) is 0 Å². The van der Waals surface area contributed by atoms with Crippen molar-refractivity contribution in [3.05, 3.63) is 11.6 Å². The minimum Gasteiger partial charge on any atom is -0.411 e. The van der Waals surface area contributed by atoms with Gasteiger partial charge in [0.15, 0.2) is 0 Å². The maximum atomic E-state index is 8.84. The molecule has 0 aliphatic carbocycles. The predicted octanol–water partition coefficient (Wildman–Crippen LogP) is 1.51. The molecule has 86 valence electrons. The minimum absolute atomic E-state index is 0.614. The number of methoxy groups -OCH3 is 1. The molecule has 0 spiro atoms. The van der Waals surface area contributed by atoms with Crippen molar-refractivity contribution in [1.82, 2.24) is 4.90 Å². The summed E-state index contributed by atoms with van der Waals surface area (Å²) in [4.78, 5) is 2.28. The Morgan fingerprint density at radius 3 is 3.07 bits per heavy atom. The summed E-state index contributed by atoms with van der Waals surface area (Å²) in [7, 11) is 3.76. The third-order valence-electron chi connectivity index (χ3n) is 2.58. The lowest BCUT2D eigenvalue weighted by Gasteiger charge is -2.23. The lowest BCUT2D eigenvalue weighted by molar-refractivity contribution is 0.205. The average Bonchev–Trinajstić information content (AvgIpc) is 2.24. The molecule has 0 saturated heterocycles. The average molecular weight is 212 g/mol. The normalized spacial score (nSPS) is 19.1. The molecule has 4 heteroatoms. The quantitative estimate of drug-likeness (QED) is 0.325. The number of ether oxygens (including phenoxy) is 1. The molecular formula is C11H20N2O2. The van der Waals surface area contributed by atoms with Gasteiger partial charge in [-0.15, -0.1) is 0 Å². The number of hydrogen-bond acceptors (Lipinski definition) is 4. The van der Waals surface area contributed by atoms with E-state index in [1.165, 1.54) is 5.57 Å². The van der Waals surface area contributed by atoms with E-state index in [4.69, 9.17) is 9.94 Å². The van der Waals surface area contributed by atoms with Crippen molar-refractivity contribution in [3.8, 4) is 0 Å². The Morgan fingerprint density at radius 2 is 2.47 bits per heavy atom. The Labute approximate surface area is 91.2 Å². The Kier molecular flexibility index (Phi) is 5.36. The molecule has 15 heavy (non-hydrogen) atoms. The van der Waals surface area contributed by atoms with Crippen LogP contribution in [0.1, 0.15) is 19.3 Å². The molecule has 0 radical (unpaired) electrons. The van der Waals surface area contributed by atoms with E-state index >= 15 is 0 Å². The van der Waals surface area contributed by atoms with Crippen LogP contribution in [0.25, 0.3) is 0 Å². The molecule has 1 N–H and O–H groups in total. The molecule has 0 fully saturated rings. The standard InChI is InChI=1S/C11H20N2O2/c1-13-6-3-4-10(9-13)8-11(12-14)5-7-15-2/h4,14H,3,5-9H2,1-2H3/b12-11+. The van der Waals surface area contributed by atoms with Gasteiger partial charge >= 0.3 is 0 Å². The Bertz CT molecular complexity index is 249. The van der Waals surface area contributed by atoms with Crippen molar-refractivity contribution in [1.29, 1.82) is 0 Å². The first kappa shape index (κ1) is 12.2. The van der Waals surface area contributed by atoms with Crippen LogP contribution in [0.3, 0.4) is 0 Å². The molecule has 0 unspecified atom stereocenters. The van der Waals surface area contributed by atoms with Gasteiger partial charge in [0.25, 0.3) is 0 Å². The maximum Gasteiger partial charge on any atom is 0.0634 e. The number of nitrogens with zero attached hydrogens (tertiary/aromatic N) is 2. The summed E-state index contributed by atoms with van der Waals surface area (Å²) < 4.78 is 4.96. The van der Waals surface area contributed by atoms with Crippen LogP contribution in [0.4, 0.5) is 0 Å². The first-order valence-corrected chi connectivity index (χ1v) is 5.31.